The third-order valence-corrected chi connectivity index (χ3v) is 0.580. The molecule has 0 amide bonds. The molecule has 0 saturated carbocycles. The summed E-state index contributed by atoms with van der Waals surface area (Å²) in [6.07, 6.45) is 0. The molecule has 0 aromatic heterocycles. The lowest BCUT2D eigenvalue weighted by Gasteiger charge is -1.84. The summed E-state index contributed by atoms with van der Waals surface area (Å²) in [5.74, 6) is -1.30. The van der Waals surface area contributed by atoms with Crippen molar-refractivity contribution in [3.8, 4) is 0 Å². The van der Waals surface area contributed by atoms with E-state index in [0.717, 1.165) is 0 Å². The molecule has 7 heavy (non-hydrogen) atoms. The van der Waals surface area contributed by atoms with E-state index < -0.39 is 16.1 Å². The van der Waals surface area contributed by atoms with Crippen LogP contribution in [-0.4, -0.2) is 18.9 Å². The zero-order chi connectivity index (χ0) is 5.91. The van der Waals surface area contributed by atoms with Gasteiger partial charge in [0.1, 0.15) is 0 Å². The van der Waals surface area contributed by atoms with Gasteiger partial charge in [0.05, 0.1) is 0 Å². The van der Waals surface area contributed by atoms with Crippen LogP contribution in [0, 0.1) is 0 Å². The molecule has 0 unspecified atom stereocenters. The van der Waals surface area contributed by atoms with E-state index >= 15 is 0 Å². The van der Waals surface area contributed by atoms with Crippen molar-refractivity contribution in [1.29, 1.82) is 0 Å². The summed E-state index contributed by atoms with van der Waals surface area (Å²) in [6.45, 7) is 0. The van der Waals surface area contributed by atoms with Crippen molar-refractivity contribution in [2.45, 2.75) is 0 Å². The third kappa shape index (κ3) is 5.80. The lowest BCUT2D eigenvalue weighted by atomic mass is 11.7. The molecule has 0 heterocycles. The summed E-state index contributed by atoms with van der Waals surface area (Å²) >= 11 is 0. The second kappa shape index (κ2) is 2.20. The molecular weight excluding hydrogens is 127 g/mol. The van der Waals surface area contributed by atoms with Crippen LogP contribution >= 0.6 is 0 Å². The summed E-state index contributed by atoms with van der Waals surface area (Å²) in [7, 11) is -4.27. The summed E-state index contributed by atoms with van der Waals surface area (Å²) in [4.78, 5) is 2.57. The second-order valence-corrected chi connectivity index (χ2v) is 2.21. The first-order valence-corrected chi connectivity index (χ1v) is 2.86. The number of rotatable bonds is 2. The average molecular weight is 130 g/mol. The highest BCUT2D eigenvalue weighted by molar-refractivity contribution is 7.85. The molecule has 0 aliphatic rings. The van der Waals surface area contributed by atoms with Gasteiger partial charge in [-0.1, -0.05) is 0 Å². The van der Waals surface area contributed by atoms with E-state index in [-0.39, 0.29) is 0 Å². The van der Waals surface area contributed by atoms with Crippen molar-refractivity contribution >= 4 is 10.1 Å². The highest BCUT2D eigenvalue weighted by Gasteiger charge is 2.01. The van der Waals surface area contributed by atoms with Gasteiger partial charge in [-0.25, -0.2) is 0 Å². The van der Waals surface area contributed by atoms with Crippen LogP contribution in [0.3, 0.4) is 0 Å². The fourth-order valence-corrected chi connectivity index (χ4v) is 0.169. The minimum atomic E-state index is -4.27. The summed E-state index contributed by atoms with van der Waals surface area (Å²) in [6, 6.07) is 0. The van der Waals surface area contributed by atoms with Crippen molar-refractivity contribution < 1.29 is 22.4 Å². The van der Waals surface area contributed by atoms with Gasteiger partial charge in [0.25, 0.3) is 10.1 Å². The maximum Gasteiger partial charge on any atom is 0.292 e. The average Bonchev–Trinajstić information content (AvgIpc) is 1.30. The Labute approximate surface area is 39.5 Å². The molecule has 0 aromatic carbocycles. The van der Waals surface area contributed by atoms with Crippen LogP contribution in [0.1, 0.15) is 0 Å². The monoisotopic (exact) mass is 130 g/mol. The first-order chi connectivity index (χ1) is 3.06. The number of halogens is 1. The zero-order valence-corrected chi connectivity index (χ0v) is 3.98. The van der Waals surface area contributed by atoms with E-state index in [9.17, 15) is 12.9 Å². The molecule has 0 spiro atoms. The fraction of sp³-hybridized carbons (Fsp3) is 1.00. The smallest absolute Gasteiger partial charge is 0.284 e. The SMILES string of the molecule is O=S(=O)(O)COF. The molecule has 0 saturated heterocycles. The third-order valence-electron chi connectivity index (χ3n) is 0.193. The molecule has 0 bridgehead atoms. The van der Waals surface area contributed by atoms with Crippen molar-refractivity contribution in [3.63, 3.8) is 0 Å². The lowest BCUT2D eigenvalue weighted by molar-refractivity contribution is -0.110. The minimum absolute atomic E-state index is 1.30. The Morgan fingerprint density at radius 2 is 2.14 bits per heavy atom. The molecule has 0 atom stereocenters. The highest BCUT2D eigenvalue weighted by atomic mass is 32.2. The standard InChI is InChI=1S/CH3FO4S/c2-6-1-7(3,4)5/h1H2,(H,3,4,5). The molecule has 1 N–H and O–H groups in total. The van der Waals surface area contributed by atoms with Gasteiger partial charge in [-0.3, -0.25) is 4.55 Å². The summed E-state index contributed by atoms with van der Waals surface area (Å²) in [5.41, 5.74) is 0. The molecule has 0 aliphatic carbocycles. The predicted octanol–water partition coefficient (Wildman–Crippen LogP) is -0.267. The van der Waals surface area contributed by atoms with Crippen LogP contribution < -0.4 is 0 Å². The predicted molar refractivity (Wildman–Crippen MR) is 18.6 cm³/mol. The quantitative estimate of drug-likeness (QED) is 0.523. The summed E-state index contributed by atoms with van der Waals surface area (Å²) in [5, 5.41) is 0. The van der Waals surface area contributed by atoms with Crippen LogP contribution in [0.4, 0.5) is 4.53 Å². The van der Waals surface area contributed by atoms with E-state index in [4.69, 9.17) is 4.55 Å². The first kappa shape index (κ1) is 6.80. The lowest BCUT2D eigenvalue weighted by Crippen LogP contribution is -2.02. The summed E-state index contributed by atoms with van der Waals surface area (Å²) < 4.78 is 36.9. The molecular formula is CH3FO4S. The van der Waals surface area contributed by atoms with Crippen LogP contribution in [-0.2, 0) is 15.1 Å². The van der Waals surface area contributed by atoms with Crippen LogP contribution in [0.15, 0.2) is 0 Å². The Kier molecular flexibility index (Phi) is 2.13. The minimum Gasteiger partial charge on any atom is -0.284 e. The van der Waals surface area contributed by atoms with Crippen molar-refractivity contribution in [3.05, 3.63) is 0 Å². The van der Waals surface area contributed by atoms with Crippen molar-refractivity contribution in [2.24, 2.45) is 0 Å². The largest absolute Gasteiger partial charge is 0.292 e. The maximum atomic E-state index is 10.4. The Balaban J connectivity index is 3.60. The van der Waals surface area contributed by atoms with Crippen LogP contribution in [0.5, 0.6) is 0 Å². The molecule has 0 radical (unpaired) electrons. The Bertz CT molecular complexity index is 125. The van der Waals surface area contributed by atoms with E-state index in [1.165, 1.54) is 0 Å². The molecule has 4 nitrogen and oxygen atoms in total. The molecule has 6 heteroatoms. The van der Waals surface area contributed by atoms with E-state index in [1.807, 2.05) is 0 Å². The normalized spacial score (nSPS) is 11.7. The topological polar surface area (TPSA) is 63.6 Å². The van der Waals surface area contributed by atoms with Gasteiger partial charge in [-0.05, 0) is 4.53 Å². The molecule has 44 valence electrons. The van der Waals surface area contributed by atoms with E-state index in [1.54, 1.807) is 0 Å². The number of hydrogen-bond donors (Lipinski definition) is 1. The Morgan fingerprint density at radius 1 is 1.71 bits per heavy atom. The van der Waals surface area contributed by atoms with Gasteiger partial charge in [0.15, 0.2) is 0 Å². The molecule has 0 fully saturated rings. The van der Waals surface area contributed by atoms with Crippen molar-refractivity contribution in [2.75, 3.05) is 5.94 Å². The highest BCUT2D eigenvalue weighted by Crippen LogP contribution is 1.81. The van der Waals surface area contributed by atoms with Gasteiger partial charge in [-0.2, -0.15) is 13.4 Å². The van der Waals surface area contributed by atoms with Gasteiger partial charge in [-0.15, -0.1) is 0 Å². The van der Waals surface area contributed by atoms with Gasteiger partial charge in [0, 0.05) is 0 Å². The molecule has 0 rings (SSSR count). The Morgan fingerprint density at radius 3 is 2.14 bits per heavy atom. The zero-order valence-electron chi connectivity index (χ0n) is 3.17. The maximum absolute atomic E-state index is 10.4. The van der Waals surface area contributed by atoms with E-state index in [2.05, 4.69) is 4.94 Å². The first-order valence-electron chi connectivity index (χ1n) is 1.25. The van der Waals surface area contributed by atoms with E-state index in [0.29, 0.717) is 0 Å². The molecule has 0 aliphatic heterocycles. The second-order valence-electron chi connectivity index (χ2n) is 0.809. The fourth-order valence-electron chi connectivity index (χ4n) is 0.0563. The molecule has 0 aromatic rings. The van der Waals surface area contributed by atoms with Gasteiger partial charge >= 0.3 is 0 Å². The van der Waals surface area contributed by atoms with Crippen molar-refractivity contribution in [1.82, 2.24) is 0 Å². The Hall–Kier alpha value is -0.200. The number of hydrogen-bond acceptors (Lipinski definition) is 3. The van der Waals surface area contributed by atoms with Gasteiger partial charge < -0.3 is 0 Å². The van der Waals surface area contributed by atoms with Crippen LogP contribution in [0.25, 0.3) is 0 Å². The van der Waals surface area contributed by atoms with Gasteiger partial charge in [0.2, 0.25) is 5.94 Å². The van der Waals surface area contributed by atoms with Crippen LogP contribution in [0.2, 0.25) is 0 Å².